The van der Waals surface area contributed by atoms with Crippen LogP contribution in [-0.2, 0) is 0 Å². The first-order valence-corrected chi connectivity index (χ1v) is 6.83. The van der Waals surface area contributed by atoms with E-state index in [0.29, 0.717) is 12.8 Å². The van der Waals surface area contributed by atoms with Crippen LogP contribution in [0.2, 0.25) is 0 Å². The van der Waals surface area contributed by atoms with Crippen molar-refractivity contribution in [2.24, 2.45) is 0 Å². The number of rotatable bonds is 12. The summed E-state index contributed by atoms with van der Waals surface area (Å²) in [5, 5.41) is 20.8. The molecule has 0 aliphatic heterocycles. The van der Waals surface area contributed by atoms with Crippen molar-refractivity contribution in [2.45, 2.75) is 70.8 Å². The predicted octanol–water partition coefficient (Wildman–Crippen LogP) is 3.44. The highest BCUT2D eigenvalue weighted by Crippen LogP contribution is 2.11. The highest BCUT2D eigenvalue weighted by Gasteiger charge is 2.25. The third-order valence-electron chi connectivity index (χ3n) is 3.05. The monoisotopic (exact) mass is 260 g/mol. The minimum Gasteiger partial charge on any atom is -0.264 e. The maximum atomic E-state index is 10.6. The van der Waals surface area contributed by atoms with Gasteiger partial charge in [0.2, 0.25) is 0 Å². The average molecular weight is 260 g/mol. The Hall–Kier alpha value is -1.20. The van der Waals surface area contributed by atoms with Crippen LogP contribution in [0.5, 0.6) is 0 Å². The van der Waals surface area contributed by atoms with Gasteiger partial charge >= 0.3 is 0 Å². The van der Waals surface area contributed by atoms with E-state index in [2.05, 4.69) is 6.92 Å². The molecular formula is C12H24N2O4. The predicted molar refractivity (Wildman–Crippen MR) is 69.9 cm³/mol. The van der Waals surface area contributed by atoms with E-state index in [1.165, 1.54) is 32.1 Å². The van der Waals surface area contributed by atoms with Crippen molar-refractivity contribution in [2.75, 3.05) is 6.54 Å². The van der Waals surface area contributed by atoms with Gasteiger partial charge in [-0.2, -0.15) is 0 Å². The van der Waals surface area contributed by atoms with E-state index >= 15 is 0 Å². The van der Waals surface area contributed by atoms with Crippen LogP contribution in [0.25, 0.3) is 0 Å². The molecule has 0 heterocycles. The zero-order valence-electron chi connectivity index (χ0n) is 11.2. The van der Waals surface area contributed by atoms with Crippen LogP contribution in [0.3, 0.4) is 0 Å². The summed E-state index contributed by atoms with van der Waals surface area (Å²) in [4.78, 5) is 19.7. The lowest BCUT2D eigenvalue weighted by atomic mass is 10.0. The Morgan fingerprint density at radius 3 is 1.83 bits per heavy atom. The Morgan fingerprint density at radius 2 is 1.39 bits per heavy atom. The zero-order chi connectivity index (χ0) is 13.8. The summed E-state index contributed by atoms with van der Waals surface area (Å²) in [5.74, 6) is 0. The van der Waals surface area contributed by atoms with Gasteiger partial charge in [0, 0.05) is 16.3 Å². The van der Waals surface area contributed by atoms with Gasteiger partial charge in [0.05, 0.1) is 0 Å². The van der Waals surface area contributed by atoms with Crippen LogP contribution in [0.4, 0.5) is 0 Å². The lowest BCUT2D eigenvalue weighted by molar-refractivity contribution is -0.588. The Kier molecular flexibility index (Phi) is 10.2. The molecule has 0 fully saturated rings. The summed E-state index contributed by atoms with van der Waals surface area (Å²) in [6.45, 7) is 1.62. The van der Waals surface area contributed by atoms with Crippen molar-refractivity contribution in [1.82, 2.24) is 0 Å². The summed E-state index contributed by atoms with van der Waals surface area (Å²) in [7, 11) is 0. The average Bonchev–Trinajstić information content (AvgIpc) is 2.30. The molecule has 0 aromatic carbocycles. The molecule has 0 saturated heterocycles. The van der Waals surface area contributed by atoms with Gasteiger partial charge in [-0.15, -0.1) is 0 Å². The molecule has 0 saturated carbocycles. The molecule has 0 aromatic rings. The third-order valence-corrected chi connectivity index (χ3v) is 3.05. The summed E-state index contributed by atoms with van der Waals surface area (Å²) in [5.41, 5.74) is 0. The lowest BCUT2D eigenvalue weighted by Gasteiger charge is -2.05. The molecular weight excluding hydrogens is 236 g/mol. The summed E-state index contributed by atoms with van der Waals surface area (Å²) < 4.78 is 0. The molecule has 0 bridgehead atoms. The molecule has 0 aliphatic rings. The number of nitrogens with zero attached hydrogens (tertiary/aromatic N) is 2. The maximum Gasteiger partial charge on any atom is 0.276 e. The Bertz CT molecular complexity index is 246. The molecule has 0 radical (unpaired) electrons. The van der Waals surface area contributed by atoms with E-state index in [1.54, 1.807) is 0 Å². The van der Waals surface area contributed by atoms with Gasteiger partial charge in [0.25, 0.3) is 12.6 Å². The SMILES string of the molecule is CCCCCCCCCCC(C[N+](=O)[O-])[N+](=O)[O-]. The molecule has 0 spiro atoms. The molecule has 1 unspecified atom stereocenters. The van der Waals surface area contributed by atoms with Crippen LogP contribution in [0.1, 0.15) is 64.7 Å². The van der Waals surface area contributed by atoms with Crippen LogP contribution < -0.4 is 0 Å². The minimum atomic E-state index is -1.01. The fraction of sp³-hybridized carbons (Fsp3) is 1.00. The highest BCUT2D eigenvalue weighted by atomic mass is 16.6. The van der Waals surface area contributed by atoms with Crippen molar-refractivity contribution < 1.29 is 9.85 Å². The van der Waals surface area contributed by atoms with E-state index in [0.717, 1.165) is 12.8 Å². The molecule has 1 atom stereocenters. The van der Waals surface area contributed by atoms with Crippen LogP contribution in [0, 0.1) is 20.2 Å². The van der Waals surface area contributed by atoms with Crippen molar-refractivity contribution >= 4 is 0 Å². The lowest BCUT2D eigenvalue weighted by Crippen LogP contribution is -2.28. The van der Waals surface area contributed by atoms with Crippen molar-refractivity contribution in [3.05, 3.63) is 20.2 Å². The van der Waals surface area contributed by atoms with Crippen molar-refractivity contribution in [1.29, 1.82) is 0 Å². The van der Waals surface area contributed by atoms with E-state index in [-0.39, 0.29) is 0 Å². The zero-order valence-corrected chi connectivity index (χ0v) is 11.2. The largest absolute Gasteiger partial charge is 0.276 e. The summed E-state index contributed by atoms with van der Waals surface area (Å²) in [6.07, 6.45) is 9.20. The van der Waals surface area contributed by atoms with E-state index < -0.39 is 22.4 Å². The fourth-order valence-corrected chi connectivity index (χ4v) is 1.95. The van der Waals surface area contributed by atoms with E-state index in [9.17, 15) is 20.2 Å². The van der Waals surface area contributed by atoms with Crippen LogP contribution in [-0.4, -0.2) is 22.4 Å². The molecule has 6 nitrogen and oxygen atoms in total. The first kappa shape index (κ1) is 16.8. The van der Waals surface area contributed by atoms with Crippen molar-refractivity contribution in [3.63, 3.8) is 0 Å². The third kappa shape index (κ3) is 9.99. The van der Waals surface area contributed by atoms with E-state index in [1.807, 2.05) is 0 Å². The number of hydrogen-bond donors (Lipinski definition) is 0. The van der Waals surface area contributed by atoms with Gasteiger partial charge < -0.3 is 0 Å². The molecule has 0 aromatic heterocycles. The van der Waals surface area contributed by atoms with Gasteiger partial charge in [-0.1, -0.05) is 51.9 Å². The maximum absolute atomic E-state index is 10.6. The highest BCUT2D eigenvalue weighted by molar-refractivity contribution is 4.56. The molecule has 0 N–H and O–H groups in total. The van der Waals surface area contributed by atoms with Gasteiger partial charge in [0.1, 0.15) is 0 Å². The molecule has 0 aliphatic carbocycles. The summed E-state index contributed by atoms with van der Waals surface area (Å²) in [6, 6.07) is -1.01. The van der Waals surface area contributed by atoms with Crippen LogP contribution in [0.15, 0.2) is 0 Å². The van der Waals surface area contributed by atoms with Crippen molar-refractivity contribution in [3.8, 4) is 0 Å². The Labute approximate surface area is 108 Å². The second-order valence-electron chi connectivity index (χ2n) is 4.72. The van der Waals surface area contributed by atoms with Gasteiger partial charge in [0.15, 0.2) is 0 Å². The Balaban J connectivity index is 3.49. The Morgan fingerprint density at radius 1 is 0.889 bits per heavy atom. The second kappa shape index (κ2) is 10.9. The van der Waals surface area contributed by atoms with E-state index in [4.69, 9.17) is 0 Å². The second-order valence-corrected chi connectivity index (χ2v) is 4.72. The molecule has 0 amide bonds. The topological polar surface area (TPSA) is 86.3 Å². The molecule has 106 valence electrons. The first-order valence-electron chi connectivity index (χ1n) is 6.83. The van der Waals surface area contributed by atoms with Crippen LogP contribution >= 0.6 is 0 Å². The smallest absolute Gasteiger partial charge is 0.264 e. The first-order chi connectivity index (χ1) is 8.57. The number of unbranched alkanes of at least 4 members (excludes halogenated alkanes) is 7. The minimum absolute atomic E-state index is 0.322. The van der Waals surface area contributed by atoms with Gasteiger partial charge in [-0.25, -0.2) is 0 Å². The molecule has 18 heavy (non-hydrogen) atoms. The number of hydrogen-bond acceptors (Lipinski definition) is 4. The summed E-state index contributed by atoms with van der Waals surface area (Å²) >= 11 is 0. The number of nitro groups is 2. The van der Waals surface area contributed by atoms with Gasteiger partial charge in [-0.3, -0.25) is 20.2 Å². The normalized spacial score (nSPS) is 12.3. The molecule has 0 rings (SSSR count). The quantitative estimate of drug-likeness (QED) is 0.305. The fourth-order valence-electron chi connectivity index (χ4n) is 1.95. The standard InChI is InChI=1S/C12H24N2O4/c1-2-3-4-5-6-7-8-9-10-12(14(17)18)11-13(15)16/h12H,2-11H2,1H3. The van der Waals surface area contributed by atoms with Gasteiger partial charge in [-0.05, 0) is 6.42 Å². The molecule has 6 heteroatoms.